The van der Waals surface area contributed by atoms with Crippen LogP contribution in [0.3, 0.4) is 0 Å². The summed E-state index contributed by atoms with van der Waals surface area (Å²) in [7, 11) is 0. The second-order valence-electron chi connectivity index (χ2n) is 3.78. The van der Waals surface area contributed by atoms with Crippen LogP contribution >= 0.6 is 11.8 Å². The van der Waals surface area contributed by atoms with Gasteiger partial charge in [-0.15, -0.1) is 0 Å². The molecule has 0 aliphatic carbocycles. The van der Waals surface area contributed by atoms with Crippen molar-refractivity contribution in [1.82, 2.24) is 4.90 Å². The standard InChI is InChI=1S/C10H19NO2S/c1-3-14-7-6-11-5-4-8(2)9(11)10(12)13/h8-9H,3-7H2,1-2H3,(H,12,13). The van der Waals surface area contributed by atoms with E-state index in [9.17, 15) is 4.79 Å². The number of nitrogens with zero attached hydrogens (tertiary/aromatic N) is 1. The second-order valence-corrected chi connectivity index (χ2v) is 5.18. The molecule has 1 saturated heterocycles. The molecule has 0 amide bonds. The average molecular weight is 217 g/mol. The van der Waals surface area contributed by atoms with Crippen LogP contribution in [-0.4, -0.2) is 46.6 Å². The summed E-state index contributed by atoms with van der Waals surface area (Å²) in [5, 5.41) is 9.06. The Hall–Kier alpha value is -0.220. The van der Waals surface area contributed by atoms with Crippen LogP contribution in [0, 0.1) is 5.92 Å². The van der Waals surface area contributed by atoms with Crippen molar-refractivity contribution in [2.24, 2.45) is 5.92 Å². The van der Waals surface area contributed by atoms with Crippen molar-refractivity contribution in [1.29, 1.82) is 0 Å². The van der Waals surface area contributed by atoms with Crippen LogP contribution in [0.4, 0.5) is 0 Å². The Balaban J connectivity index is 2.39. The van der Waals surface area contributed by atoms with E-state index in [0.29, 0.717) is 5.92 Å². The Morgan fingerprint density at radius 1 is 1.64 bits per heavy atom. The molecule has 1 N–H and O–H groups in total. The van der Waals surface area contributed by atoms with E-state index >= 15 is 0 Å². The van der Waals surface area contributed by atoms with E-state index in [-0.39, 0.29) is 6.04 Å². The van der Waals surface area contributed by atoms with Gasteiger partial charge in [0.05, 0.1) is 0 Å². The first-order valence-corrected chi connectivity index (χ1v) is 6.37. The van der Waals surface area contributed by atoms with Crippen LogP contribution in [-0.2, 0) is 4.79 Å². The predicted octanol–water partition coefficient (Wildman–Crippen LogP) is 1.53. The molecule has 1 aliphatic rings. The second kappa shape index (κ2) is 5.61. The largest absolute Gasteiger partial charge is 0.480 e. The highest BCUT2D eigenvalue weighted by Gasteiger charge is 2.35. The van der Waals surface area contributed by atoms with E-state index in [1.54, 1.807) is 0 Å². The van der Waals surface area contributed by atoms with Gasteiger partial charge in [-0.2, -0.15) is 11.8 Å². The average Bonchev–Trinajstić information content (AvgIpc) is 2.47. The van der Waals surface area contributed by atoms with E-state index in [0.717, 1.165) is 31.0 Å². The molecule has 0 aromatic carbocycles. The molecule has 1 heterocycles. The fraction of sp³-hybridized carbons (Fsp3) is 0.900. The number of carbonyl (C=O) groups is 1. The number of carboxylic acid groups (broad SMARTS) is 1. The minimum Gasteiger partial charge on any atom is -0.480 e. The minimum absolute atomic E-state index is 0.243. The summed E-state index contributed by atoms with van der Waals surface area (Å²) in [6.07, 6.45) is 1.02. The van der Waals surface area contributed by atoms with Crippen molar-refractivity contribution >= 4 is 17.7 Å². The highest BCUT2D eigenvalue weighted by Crippen LogP contribution is 2.24. The molecule has 0 aromatic heterocycles. The molecule has 4 heteroatoms. The summed E-state index contributed by atoms with van der Waals surface area (Å²) >= 11 is 1.88. The SMILES string of the molecule is CCSCCN1CCC(C)C1C(=O)O. The number of carboxylic acids is 1. The van der Waals surface area contributed by atoms with Crippen LogP contribution in [0.1, 0.15) is 20.3 Å². The lowest BCUT2D eigenvalue weighted by Gasteiger charge is -2.22. The molecular weight excluding hydrogens is 198 g/mol. The van der Waals surface area contributed by atoms with Gasteiger partial charge in [-0.05, 0) is 24.6 Å². The van der Waals surface area contributed by atoms with E-state index < -0.39 is 5.97 Å². The first kappa shape index (κ1) is 11.9. The van der Waals surface area contributed by atoms with E-state index in [4.69, 9.17) is 5.11 Å². The molecule has 82 valence electrons. The van der Waals surface area contributed by atoms with Crippen molar-refractivity contribution in [3.8, 4) is 0 Å². The fourth-order valence-electron chi connectivity index (χ4n) is 2.00. The number of hydrogen-bond acceptors (Lipinski definition) is 3. The van der Waals surface area contributed by atoms with E-state index in [1.807, 2.05) is 18.7 Å². The van der Waals surface area contributed by atoms with Gasteiger partial charge in [0.2, 0.25) is 0 Å². The van der Waals surface area contributed by atoms with Crippen molar-refractivity contribution in [2.75, 3.05) is 24.6 Å². The molecule has 1 fully saturated rings. The van der Waals surface area contributed by atoms with Gasteiger partial charge < -0.3 is 5.11 Å². The van der Waals surface area contributed by atoms with Crippen LogP contribution in [0.25, 0.3) is 0 Å². The summed E-state index contributed by atoms with van der Waals surface area (Å²) in [5.41, 5.74) is 0. The number of thioether (sulfide) groups is 1. The van der Waals surface area contributed by atoms with Crippen LogP contribution < -0.4 is 0 Å². The maximum absolute atomic E-state index is 11.0. The molecular formula is C10H19NO2S. The highest BCUT2D eigenvalue weighted by atomic mass is 32.2. The number of likely N-dealkylation sites (tertiary alicyclic amines) is 1. The smallest absolute Gasteiger partial charge is 0.321 e. The summed E-state index contributed by atoms with van der Waals surface area (Å²) in [6, 6.07) is -0.243. The fourth-order valence-corrected chi connectivity index (χ4v) is 2.66. The molecule has 2 unspecified atom stereocenters. The summed E-state index contributed by atoms with van der Waals surface area (Å²) in [5.74, 6) is 1.81. The van der Waals surface area contributed by atoms with E-state index in [2.05, 4.69) is 11.8 Å². The third-order valence-electron chi connectivity index (χ3n) is 2.78. The first-order chi connectivity index (χ1) is 6.66. The van der Waals surface area contributed by atoms with Crippen LogP contribution in [0.5, 0.6) is 0 Å². The van der Waals surface area contributed by atoms with Gasteiger partial charge in [0.1, 0.15) is 6.04 Å². The Kier molecular flexibility index (Phi) is 4.75. The van der Waals surface area contributed by atoms with Gasteiger partial charge in [0.15, 0.2) is 0 Å². The Morgan fingerprint density at radius 2 is 2.36 bits per heavy atom. The Labute approximate surface area is 89.9 Å². The Bertz CT molecular complexity index is 199. The monoisotopic (exact) mass is 217 g/mol. The number of rotatable bonds is 5. The molecule has 0 saturated carbocycles. The van der Waals surface area contributed by atoms with Gasteiger partial charge in [-0.1, -0.05) is 13.8 Å². The number of aliphatic carboxylic acids is 1. The maximum Gasteiger partial charge on any atom is 0.321 e. The van der Waals surface area contributed by atoms with Crippen molar-refractivity contribution in [3.05, 3.63) is 0 Å². The van der Waals surface area contributed by atoms with Crippen molar-refractivity contribution in [2.45, 2.75) is 26.3 Å². The zero-order valence-electron chi connectivity index (χ0n) is 8.90. The topological polar surface area (TPSA) is 40.5 Å². The quantitative estimate of drug-likeness (QED) is 0.709. The summed E-state index contributed by atoms with van der Waals surface area (Å²) in [6.45, 7) is 6.03. The van der Waals surface area contributed by atoms with Gasteiger partial charge >= 0.3 is 5.97 Å². The molecule has 0 aromatic rings. The third-order valence-corrected chi connectivity index (χ3v) is 3.66. The highest BCUT2D eigenvalue weighted by molar-refractivity contribution is 7.99. The molecule has 14 heavy (non-hydrogen) atoms. The molecule has 2 atom stereocenters. The predicted molar refractivity (Wildman–Crippen MR) is 59.8 cm³/mol. The zero-order chi connectivity index (χ0) is 10.6. The normalized spacial score (nSPS) is 28.1. The molecule has 1 aliphatic heterocycles. The molecule has 1 rings (SSSR count). The Morgan fingerprint density at radius 3 is 2.93 bits per heavy atom. The summed E-state index contributed by atoms with van der Waals surface area (Å²) < 4.78 is 0. The molecule has 3 nitrogen and oxygen atoms in total. The molecule has 0 radical (unpaired) electrons. The van der Waals surface area contributed by atoms with Crippen molar-refractivity contribution in [3.63, 3.8) is 0 Å². The number of hydrogen-bond donors (Lipinski definition) is 1. The zero-order valence-corrected chi connectivity index (χ0v) is 9.72. The summed E-state index contributed by atoms with van der Waals surface area (Å²) in [4.78, 5) is 13.1. The van der Waals surface area contributed by atoms with Gasteiger partial charge in [0.25, 0.3) is 0 Å². The lowest BCUT2D eigenvalue weighted by Crippen LogP contribution is -2.40. The minimum atomic E-state index is -0.656. The van der Waals surface area contributed by atoms with E-state index in [1.165, 1.54) is 0 Å². The third kappa shape index (κ3) is 2.89. The van der Waals surface area contributed by atoms with Crippen molar-refractivity contribution < 1.29 is 9.90 Å². The van der Waals surface area contributed by atoms with Crippen LogP contribution in [0.15, 0.2) is 0 Å². The van der Waals surface area contributed by atoms with Crippen LogP contribution in [0.2, 0.25) is 0 Å². The molecule has 0 bridgehead atoms. The first-order valence-electron chi connectivity index (χ1n) is 5.21. The lowest BCUT2D eigenvalue weighted by molar-refractivity contribution is -0.143. The molecule has 0 spiro atoms. The van der Waals surface area contributed by atoms with Gasteiger partial charge in [-0.3, -0.25) is 9.69 Å². The maximum atomic E-state index is 11.0. The van der Waals surface area contributed by atoms with Gasteiger partial charge in [-0.25, -0.2) is 0 Å². The lowest BCUT2D eigenvalue weighted by atomic mass is 10.0. The van der Waals surface area contributed by atoms with Gasteiger partial charge in [0, 0.05) is 12.3 Å².